The SMILES string of the molecule is COc1cccc(-c2nc(-c3ccc(C(F)(F)F)cc3)n(Cc3ccc(C(=O)NCCOCCOCCN)cc3)c2-c2cccc(OC)c2)c1. The molecule has 0 spiro atoms. The second-order valence-corrected chi connectivity index (χ2v) is 11.2. The van der Waals surface area contributed by atoms with E-state index in [1.54, 1.807) is 26.4 Å². The maximum Gasteiger partial charge on any atom is 0.416 e. The van der Waals surface area contributed by atoms with Crippen molar-refractivity contribution in [1.82, 2.24) is 14.9 Å². The summed E-state index contributed by atoms with van der Waals surface area (Å²) in [5, 5.41) is 2.85. The number of nitrogens with zero attached hydrogens (tertiary/aromatic N) is 2. The molecule has 5 aromatic rings. The summed E-state index contributed by atoms with van der Waals surface area (Å²) in [7, 11) is 3.16. The molecule has 1 aromatic heterocycles. The molecule has 262 valence electrons. The molecule has 0 bridgehead atoms. The van der Waals surface area contributed by atoms with Crippen LogP contribution in [0.25, 0.3) is 33.9 Å². The monoisotopic (exact) mass is 688 g/mol. The van der Waals surface area contributed by atoms with Crippen molar-refractivity contribution in [2.24, 2.45) is 5.73 Å². The predicted octanol–water partition coefficient (Wildman–Crippen LogP) is 6.69. The summed E-state index contributed by atoms with van der Waals surface area (Å²) < 4.78 is 64.2. The van der Waals surface area contributed by atoms with Crippen molar-refractivity contribution in [1.29, 1.82) is 0 Å². The smallest absolute Gasteiger partial charge is 0.416 e. The number of imidazole rings is 1. The number of amides is 1. The number of hydrogen-bond acceptors (Lipinski definition) is 7. The molecule has 0 fully saturated rings. The first-order chi connectivity index (χ1) is 24.2. The van der Waals surface area contributed by atoms with Crippen LogP contribution in [-0.2, 0) is 22.2 Å². The van der Waals surface area contributed by atoms with Crippen LogP contribution in [0.3, 0.4) is 0 Å². The molecule has 4 aromatic carbocycles. The van der Waals surface area contributed by atoms with Crippen molar-refractivity contribution in [3.63, 3.8) is 0 Å². The number of carbonyl (C=O) groups is 1. The molecule has 0 saturated heterocycles. The molecular formula is C38H39F3N4O5. The highest BCUT2D eigenvalue weighted by molar-refractivity contribution is 5.94. The minimum absolute atomic E-state index is 0.245. The summed E-state index contributed by atoms with van der Waals surface area (Å²) in [6.07, 6.45) is -4.48. The Morgan fingerprint density at radius 2 is 1.40 bits per heavy atom. The summed E-state index contributed by atoms with van der Waals surface area (Å²) in [6, 6.07) is 27.1. The van der Waals surface area contributed by atoms with E-state index in [-0.39, 0.29) is 5.91 Å². The van der Waals surface area contributed by atoms with Crippen molar-refractivity contribution in [3.8, 4) is 45.4 Å². The maximum absolute atomic E-state index is 13.5. The minimum atomic E-state index is -4.48. The van der Waals surface area contributed by atoms with Crippen molar-refractivity contribution in [2.45, 2.75) is 12.7 Å². The molecule has 9 nitrogen and oxygen atoms in total. The van der Waals surface area contributed by atoms with Gasteiger partial charge in [0.25, 0.3) is 5.91 Å². The lowest BCUT2D eigenvalue weighted by molar-refractivity contribution is -0.137. The number of aromatic nitrogens is 2. The molecule has 0 atom stereocenters. The number of hydrogen-bond donors (Lipinski definition) is 2. The van der Waals surface area contributed by atoms with Crippen LogP contribution in [0.1, 0.15) is 21.5 Å². The van der Waals surface area contributed by atoms with E-state index < -0.39 is 11.7 Å². The van der Waals surface area contributed by atoms with E-state index in [1.807, 2.05) is 65.2 Å². The Morgan fingerprint density at radius 1 is 0.780 bits per heavy atom. The Kier molecular flexibility index (Phi) is 12.3. The van der Waals surface area contributed by atoms with Gasteiger partial charge >= 0.3 is 6.18 Å². The van der Waals surface area contributed by atoms with Gasteiger partial charge < -0.3 is 34.6 Å². The Morgan fingerprint density at radius 3 is 2.02 bits per heavy atom. The molecule has 0 aliphatic rings. The molecule has 0 radical (unpaired) electrons. The molecular weight excluding hydrogens is 649 g/mol. The molecule has 1 amide bonds. The molecule has 1 heterocycles. The van der Waals surface area contributed by atoms with Gasteiger partial charge in [0.1, 0.15) is 17.3 Å². The van der Waals surface area contributed by atoms with Crippen LogP contribution < -0.4 is 20.5 Å². The summed E-state index contributed by atoms with van der Waals surface area (Å²) in [6.45, 7) is 2.73. The standard InChI is InChI=1S/C38H39F3N4O5/c1-47-32-7-3-5-29(23-32)34-35(30-6-4-8-33(24-30)48-2)45(36(44-34)27-13-15-31(16-14-27)38(39,40)41)25-26-9-11-28(12-10-26)37(46)43-18-20-50-22-21-49-19-17-42/h3-16,23-24H,17-22,25,42H2,1-2H3,(H,43,46). The van der Waals surface area contributed by atoms with Crippen molar-refractivity contribution < 1.29 is 36.9 Å². The fraction of sp³-hybridized carbons (Fsp3) is 0.263. The average Bonchev–Trinajstić information content (AvgIpc) is 3.51. The first-order valence-corrected chi connectivity index (χ1v) is 16.0. The largest absolute Gasteiger partial charge is 0.497 e. The van der Waals surface area contributed by atoms with E-state index in [2.05, 4.69) is 5.32 Å². The van der Waals surface area contributed by atoms with E-state index in [0.29, 0.717) is 80.2 Å². The normalized spacial score (nSPS) is 11.4. The highest BCUT2D eigenvalue weighted by atomic mass is 19.4. The number of methoxy groups -OCH3 is 2. The summed E-state index contributed by atoms with van der Waals surface area (Å²) in [5.41, 5.74) is 9.33. The van der Waals surface area contributed by atoms with E-state index in [9.17, 15) is 18.0 Å². The third-order valence-electron chi connectivity index (χ3n) is 7.85. The fourth-order valence-electron chi connectivity index (χ4n) is 5.36. The zero-order valence-corrected chi connectivity index (χ0v) is 27.8. The van der Waals surface area contributed by atoms with Gasteiger partial charge in [-0.3, -0.25) is 4.79 Å². The third-order valence-corrected chi connectivity index (χ3v) is 7.85. The van der Waals surface area contributed by atoms with Crippen LogP contribution in [-0.4, -0.2) is 69.2 Å². The Balaban J connectivity index is 1.50. The summed E-state index contributed by atoms with van der Waals surface area (Å²) in [5.74, 6) is 1.47. The highest BCUT2D eigenvalue weighted by Gasteiger charge is 2.30. The van der Waals surface area contributed by atoms with Gasteiger partial charge in [0.15, 0.2) is 0 Å². The van der Waals surface area contributed by atoms with E-state index in [0.717, 1.165) is 34.5 Å². The van der Waals surface area contributed by atoms with Gasteiger partial charge in [-0.1, -0.05) is 48.5 Å². The van der Waals surface area contributed by atoms with Gasteiger partial charge in [-0.2, -0.15) is 13.2 Å². The van der Waals surface area contributed by atoms with Gasteiger partial charge in [-0.15, -0.1) is 0 Å². The van der Waals surface area contributed by atoms with Gasteiger partial charge in [0.05, 0.1) is 57.6 Å². The van der Waals surface area contributed by atoms with Crippen LogP contribution in [0.4, 0.5) is 13.2 Å². The van der Waals surface area contributed by atoms with Crippen LogP contribution >= 0.6 is 0 Å². The van der Waals surface area contributed by atoms with Crippen LogP contribution in [0, 0.1) is 0 Å². The van der Waals surface area contributed by atoms with Crippen molar-refractivity contribution in [3.05, 3.63) is 114 Å². The number of carbonyl (C=O) groups excluding carboxylic acids is 1. The minimum Gasteiger partial charge on any atom is -0.497 e. The molecule has 0 aliphatic heterocycles. The van der Waals surface area contributed by atoms with Crippen LogP contribution in [0.5, 0.6) is 11.5 Å². The van der Waals surface area contributed by atoms with E-state index in [4.69, 9.17) is 29.7 Å². The summed E-state index contributed by atoms with van der Waals surface area (Å²) in [4.78, 5) is 17.9. The topological polar surface area (TPSA) is 110 Å². The lowest BCUT2D eigenvalue weighted by atomic mass is 10.0. The molecule has 0 unspecified atom stereocenters. The maximum atomic E-state index is 13.5. The van der Waals surface area contributed by atoms with Crippen molar-refractivity contribution >= 4 is 5.91 Å². The lowest BCUT2D eigenvalue weighted by Crippen LogP contribution is -2.27. The second kappa shape index (κ2) is 17.0. The van der Waals surface area contributed by atoms with Gasteiger partial charge in [-0.05, 0) is 54.1 Å². The van der Waals surface area contributed by atoms with Gasteiger partial charge in [-0.25, -0.2) is 4.98 Å². The molecule has 5 rings (SSSR count). The zero-order valence-electron chi connectivity index (χ0n) is 27.8. The number of halogens is 3. The number of rotatable bonds is 16. The second-order valence-electron chi connectivity index (χ2n) is 11.2. The number of alkyl halides is 3. The molecule has 0 saturated carbocycles. The van der Waals surface area contributed by atoms with E-state index >= 15 is 0 Å². The van der Waals surface area contributed by atoms with Crippen LogP contribution in [0.15, 0.2) is 97.1 Å². The average molecular weight is 689 g/mol. The summed E-state index contributed by atoms with van der Waals surface area (Å²) >= 11 is 0. The molecule has 3 N–H and O–H groups in total. The zero-order chi connectivity index (χ0) is 35.5. The molecule has 0 aliphatic carbocycles. The Bertz CT molecular complexity index is 1860. The number of ether oxygens (including phenoxy) is 4. The fourth-order valence-corrected chi connectivity index (χ4v) is 5.36. The number of nitrogens with one attached hydrogen (secondary N) is 1. The molecule has 12 heteroatoms. The number of nitrogens with two attached hydrogens (primary N) is 1. The molecule has 50 heavy (non-hydrogen) atoms. The highest BCUT2D eigenvalue weighted by Crippen LogP contribution is 2.39. The quantitative estimate of drug-likeness (QED) is 0.111. The first-order valence-electron chi connectivity index (χ1n) is 16.0. The predicted molar refractivity (Wildman–Crippen MR) is 185 cm³/mol. The Labute approximate surface area is 288 Å². The van der Waals surface area contributed by atoms with Gasteiger partial charge in [0, 0.05) is 41.9 Å². The first kappa shape index (κ1) is 36.1. The lowest BCUT2D eigenvalue weighted by Gasteiger charge is -2.15. The van der Waals surface area contributed by atoms with Gasteiger partial charge in [0.2, 0.25) is 0 Å². The van der Waals surface area contributed by atoms with E-state index in [1.165, 1.54) is 12.1 Å². The van der Waals surface area contributed by atoms with Crippen molar-refractivity contribution in [2.75, 3.05) is 53.7 Å². The van der Waals surface area contributed by atoms with Crippen LogP contribution in [0.2, 0.25) is 0 Å². The number of benzene rings is 4. The Hall–Kier alpha value is -5.17. The third kappa shape index (κ3) is 9.08.